The van der Waals surface area contributed by atoms with Crippen molar-refractivity contribution in [3.63, 3.8) is 0 Å². The second-order valence-corrected chi connectivity index (χ2v) is 8.18. The maximum atomic E-state index is 13.1. The average molecular weight is 438 g/mol. The van der Waals surface area contributed by atoms with Crippen molar-refractivity contribution in [3.8, 4) is 5.69 Å². The van der Waals surface area contributed by atoms with Gasteiger partial charge in [0.15, 0.2) is 5.16 Å². The third-order valence-electron chi connectivity index (χ3n) is 4.74. The molecule has 1 N–H and O–H groups in total. The van der Waals surface area contributed by atoms with Crippen LogP contribution in [0.2, 0.25) is 0 Å². The number of carbonyl (C=O) groups is 1. The normalized spacial score (nSPS) is 11.2. The minimum atomic E-state index is -0.386. The number of aromatic nitrogens is 4. The van der Waals surface area contributed by atoms with E-state index in [-0.39, 0.29) is 28.7 Å². The quantitative estimate of drug-likeness (QED) is 0.463. The molecule has 0 radical (unpaired) electrons. The Labute approximate surface area is 181 Å². The molecule has 0 spiro atoms. The van der Waals surface area contributed by atoms with Gasteiger partial charge in [0.25, 0.3) is 0 Å². The Kier molecular flexibility index (Phi) is 5.85. The van der Waals surface area contributed by atoms with Crippen molar-refractivity contribution in [2.24, 2.45) is 0 Å². The van der Waals surface area contributed by atoms with E-state index in [9.17, 15) is 14.0 Å². The minimum Gasteiger partial charge on any atom is -0.325 e. The molecule has 0 aliphatic carbocycles. The Morgan fingerprint density at radius 3 is 2.45 bits per heavy atom. The molecular weight excluding hydrogens is 417 g/mol. The molecule has 2 aromatic carbocycles. The van der Waals surface area contributed by atoms with Gasteiger partial charge in [-0.1, -0.05) is 37.7 Å². The van der Waals surface area contributed by atoms with Crippen molar-refractivity contribution in [1.29, 1.82) is 0 Å². The van der Waals surface area contributed by atoms with E-state index >= 15 is 0 Å². The number of nitrogens with zero attached hydrogens (tertiary/aromatic N) is 4. The van der Waals surface area contributed by atoms with Gasteiger partial charge in [0.2, 0.25) is 11.6 Å². The number of hydrogen-bond acceptors (Lipinski definition) is 5. The highest BCUT2D eigenvalue weighted by Crippen LogP contribution is 2.19. The molecule has 1 amide bonds. The molecule has 2 aromatic heterocycles. The number of anilines is 1. The van der Waals surface area contributed by atoms with Gasteiger partial charge in [-0.2, -0.15) is 0 Å². The molecule has 0 saturated carbocycles. The summed E-state index contributed by atoms with van der Waals surface area (Å²) < 4.78 is 16.1. The van der Waals surface area contributed by atoms with E-state index in [4.69, 9.17) is 0 Å². The Balaban J connectivity index is 1.46. The van der Waals surface area contributed by atoms with Crippen LogP contribution >= 0.6 is 11.8 Å². The summed E-state index contributed by atoms with van der Waals surface area (Å²) in [7, 11) is 0. The lowest BCUT2D eigenvalue weighted by Crippen LogP contribution is -2.20. The lowest BCUT2D eigenvalue weighted by Gasteiger charge is -2.08. The van der Waals surface area contributed by atoms with Gasteiger partial charge in [-0.3, -0.25) is 18.6 Å². The zero-order valence-electron chi connectivity index (χ0n) is 16.9. The highest BCUT2D eigenvalue weighted by Gasteiger charge is 2.14. The fourth-order valence-electron chi connectivity index (χ4n) is 3.05. The van der Waals surface area contributed by atoms with Crippen molar-refractivity contribution in [1.82, 2.24) is 19.2 Å². The number of carbonyl (C=O) groups excluding carboxylic acids is 1. The van der Waals surface area contributed by atoms with Gasteiger partial charge in [0.1, 0.15) is 5.82 Å². The SMILES string of the molecule is CC(C)c1ccc(NC(=O)CSc2nnc3c(=O)n(-c4ccc(F)cc4)ccn23)cc1. The first kappa shape index (κ1) is 20.8. The van der Waals surface area contributed by atoms with Crippen molar-refractivity contribution in [2.75, 3.05) is 11.1 Å². The third-order valence-corrected chi connectivity index (χ3v) is 5.68. The molecule has 4 aromatic rings. The highest BCUT2D eigenvalue weighted by molar-refractivity contribution is 7.99. The highest BCUT2D eigenvalue weighted by atomic mass is 32.2. The second-order valence-electron chi connectivity index (χ2n) is 7.24. The monoisotopic (exact) mass is 437 g/mol. The number of rotatable bonds is 6. The predicted octanol–water partition coefficient (Wildman–Crippen LogP) is 3.87. The van der Waals surface area contributed by atoms with Crippen molar-refractivity contribution in [2.45, 2.75) is 24.9 Å². The van der Waals surface area contributed by atoms with Crippen LogP contribution in [0.3, 0.4) is 0 Å². The van der Waals surface area contributed by atoms with Crippen LogP contribution < -0.4 is 10.9 Å². The van der Waals surface area contributed by atoms with E-state index < -0.39 is 0 Å². The lowest BCUT2D eigenvalue weighted by atomic mass is 10.0. The van der Waals surface area contributed by atoms with Gasteiger partial charge in [-0.25, -0.2) is 4.39 Å². The van der Waals surface area contributed by atoms with Crippen LogP contribution in [-0.2, 0) is 4.79 Å². The summed E-state index contributed by atoms with van der Waals surface area (Å²) >= 11 is 1.18. The number of amides is 1. The van der Waals surface area contributed by atoms with Gasteiger partial charge >= 0.3 is 5.56 Å². The first-order valence-corrected chi connectivity index (χ1v) is 10.7. The third kappa shape index (κ3) is 4.51. The van der Waals surface area contributed by atoms with Crippen molar-refractivity contribution < 1.29 is 9.18 Å². The zero-order chi connectivity index (χ0) is 22.0. The maximum absolute atomic E-state index is 13.1. The fourth-order valence-corrected chi connectivity index (χ4v) is 3.77. The van der Waals surface area contributed by atoms with E-state index in [0.29, 0.717) is 16.8 Å². The molecule has 0 aliphatic rings. The molecule has 4 rings (SSSR count). The topological polar surface area (TPSA) is 81.3 Å². The van der Waals surface area contributed by atoms with Crippen LogP contribution in [0.5, 0.6) is 0 Å². The summed E-state index contributed by atoms with van der Waals surface area (Å²) in [6.07, 6.45) is 3.21. The number of thioether (sulfide) groups is 1. The van der Waals surface area contributed by atoms with Crippen LogP contribution in [0.25, 0.3) is 11.3 Å². The van der Waals surface area contributed by atoms with E-state index in [0.717, 1.165) is 5.69 Å². The fraction of sp³-hybridized carbons (Fsp3) is 0.182. The summed E-state index contributed by atoms with van der Waals surface area (Å²) in [5.74, 6) is -0.0191. The van der Waals surface area contributed by atoms with Gasteiger partial charge < -0.3 is 5.32 Å². The number of halogens is 1. The smallest absolute Gasteiger partial charge is 0.300 e. The van der Waals surface area contributed by atoms with Crippen LogP contribution in [-0.4, -0.2) is 30.8 Å². The van der Waals surface area contributed by atoms with Gasteiger partial charge in [-0.15, -0.1) is 10.2 Å². The summed E-state index contributed by atoms with van der Waals surface area (Å²) in [5.41, 5.74) is 2.19. The van der Waals surface area contributed by atoms with Crippen molar-refractivity contribution in [3.05, 3.63) is 82.7 Å². The number of fused-ring (bicyclic) bond motifs is 1. The molecule has 9 heteroatoms. The van der Waals surface area contributed by atoms with Gasteiger partial charge in [0.05, 0.1) is 5.75 Å². The second kappa shape index (κ2) is 8.73. The standard InChI is InChI=1S/C22H20FN5O2S/c1-14(2)15-3-7-17(8-4-15)24-19(29)13-31-22-26-25-20-21(30)27(11-12-28(20)22)18-9-5-16(23)6-10-18/h3-12,14H,13H2,1-2H3,(H,24,29). The molecule has 2 heterocycles. The number of nitrogens with one attached hydrogen (secondary N) is 1. The zero-order valence-corrected chi connectivity index (χ0v) is 17.8. The predicted molar refractivity (Wildman–Crippen MR) is 118 cm³/mol. The molecule has 0 atom stereocenters. The van der Waals surface area contributed by atoms with Crippen LogP contribution in [0.4, 0.5) is 10.1 Å². The molecule has 7 nitrogen and oxygen atoms in total. The van der Waals surface area contributed by atoms with Gasteiger partial charge in [0, 0.05) is 23.8 Å². The van der Waals surface area contributed by atoms with Crippen molar-refractivity contribution >= 4 is 29.0 Å². The first-order chi connectivity index (χ1) is 14.9. The minimum absolute atomic E-state index is 0.119. The molecule has 158 valence electrons. The lowest BCUT2D eigenvalue weighted by molar-refractivity contribution is -0.113. The first-order valence-electron chi connectivity index (χ1n) is 9.67. The molecule has 0 unspecified atom stereocenters. The summed E-state index contributed by atoms with van der Waals surface area (Å²) in [5, 5.41) is 11.3. The van der Waals surface area contributed by atoms with E-state index in [2.05, 4.69) is 29.4 Å². The summed E-state index contributed by atoms with van der Waals surface area (Å²) in [4.78, 5) is 25.0. The van der Waals surface area contributed by atoms with Crippen LogP contribution in [0, 0.1) is 5.82 Å². The summed E-state index contributed by atoms with van der Waals surface area (Å²) in [6, 6.07) is 13.3. The molecule has 0 aliphatic heterocycles. The Hall–Kier alpha value is -3.46. The van der Waals surface area contributed by atoms with Crippen LogP contribution in [0.15, 0.2) is 70.9 Å². The largest absolute Gasteiger partial charge is 0.325 e. The molecular formula is C22H20FN5O2S. The number of hydrogen-bond donors (Lipinski definition) is 1. The van der Waals surface area contributed by atoms with E-state index in [1.165, 1.54) is 50.6 Å². The summed E-state index contributed by atoms with van der Waals surface area (Å²) in [6.45, 7) is 4.23. The molecule has 31 heavy (non-hydrogen) atoms. The Bertz CT molecular complexity index is 1280. The Morgan fingerprint density at radius 2 is 1.77 bits per heavy atom. The number of benzene rings is 2. The maximum Gasteiger partial charge on any atom is 0.300 e. The van der Waals surface area contributed by atoms with Gasteiger partial charge in [-0.05, 0) is 47.9 Å². The molecule has 0 bridgehead atoms. The Morgan fingerprint density at radius 1 is 1.06 bits per heavy atom. The molecule has 0 fully saturated rings. The van der Waals surface area contributed by atoms with E-state index in [1.807, 2.05) is 24.3 Å². The van der Waals surface area contributed by atoms with Crippen LogP contribution in [0.1, 0.15) is 25.3 Å². The van der Waals surface area contributed by atoms with E-state index in [1.54, 1.807) is 12.4 Å². The molecule has 0 saturated heterocycles. The average Bonchev–Trinajstić information content (AvgIpc) is 3.18.